The maximum absolute atomic E-state index is 2.34. The molecule has 0 rings (SSSR count). The van der Waals surface area contributed by atoms with Crippen LogP contribution in [-0.4, -0.2) is 15.2 Å². The van der Waals surface area contributed by atoms with E-state index < -0.39 is 0 Å². The lowest BCUT2D eigenvalue weighted by Gasteiger charge is -1.93. The summed E-state index contributed by atoms with van der Waals surface area (Å²) in [6.07, 6.45) is 5.77. The van der Waals surface area contributed by atoms with Crippen LogP contribution in [0.1, 0.15) is 32.6 Å². The molecule has 1 radical (unpaired) electrons. The molecule has 0 N–H and O–H groups in total. The summed E-state index contributed by atoms with van der Waals surface area (Å²) < 4.78 is 0. The monoisotopic (exact) mass is 127 g/mol. The molecule has 0 bridgehead atoms. The number of unbranched alkanes of at least 4 members (excludes halogenated alkanes) is 3. The SMILES string of the molecule is CCCCC[CH2][Al][CH3]. The predicted octanol–water partition coefficient (Wildman–Crippen LogP) is 2.74. The Morgan fingerprint density at radius 1 is 1.12 bits per heavy atom. The van der Waals surface area contributed by atoms with Crippen LogP contribution in [0.25, 0.3) is 0 Å². The molecule has 1 heteroatoms. The Morgan fingerprint density at radius 3 is 2.38 bits per heavy atom. The van der Waals surface area contributed by atoms with Gasteiger partial charge in [0.15, 0.2) is 15.2 Å². The topological polar surface area (TPSA) is 0 Å². The van der Waals surface area contributed by atoms with Crippen molar-refractivity contribution in [1.82, 2.24) is 0 Å². The molecule has 8 heavy (non-hydrogen) atoms. The molecule has 0 nitrogen and oxygen atoms in total. The Kier molecular flexibility index (Phi) is 8.03. The average molecular weight is 127 g/mol. The zero-order valence-corrected chi connectivity index (χ0v) is 7.27. The highest BCUT2D eigenvalue weighted by atomic mass is 27.1. The minimum Gasteiger partial charge on any atom is -0.115 e. The van der Waals surface area contributed by atoms with E-state index in [4.69, 9.17) is 0 Å². The summed E-state index contributed by atoms with van der Waals surface area (Å²) in [6, 6.07) is 0. The van der Waals surface area contributed by atoms with E-state index in [1.54, 1.807) is 0 Å². The van der Waals surface area contributed by atoms with Crippen molar-refractivity contribution in [2.45, 2.75) is 43.7 Å². The van der Waals surface area contributed by atoms with Gasteiger partial charge in [-0.25, -0.2) is 0 Å². The Morgan fingerprint density at radius 2 is 1.88 bits per heavy atom. The van der Waals surface area contributed by atoms with E-state index in [1.165, 1.54) is 31.0 Å². The number of hydrogen-bond donors (Lipinski definition) is 0. The van der Waals surface area contributed by atoms with Crippen molar-refractivity contribution in [2.75, 3.05) is 0 Å². The summed E-state index contributed by atoms with van der Waals surface area (Å²) in [7, 11) is 0. The van der Waals surface area contributed by atoms with E-state index in [0.29, 0.717) is 0 Å². The van der Waals surface area contributed by atoms with Crippen LogP contribution in [0.2, 0.25) is 11.1 Å². The van der Waals surface area contributed by atoms with Crippen molar-refractivity contribution in [3.63, 3.8) is 0 Å². The van der Waals surface area contributed by atoms with Gasteiger partial charge in [0.2, 0.25) is 0 Å². The zero-order valence-electron chi connectivity index (χ0n) is 6.11. The zero-order chi connectivity index (χ0) is 6.24. The van der Waals surface area contributed by atoms with E-state index in [1.807, 2.05) is 0 Å². The molecule has 0 atom stereocenters. The molecular weight excluding hydrogens is 111 g/mol. The summed E-state index contributed by atoms with van der Waals surface area (Å²) in [4.78, 5) is 0. The maximum atomic E-state index is 2.34. The second-order valence-electron chi connectivity index (χ2n) is 2.26. The fourth-order valence-corrected chi connectivity index (χ4v) is 1.47. The Hall–Kier alpha value is 0.532. The molecule has 0 aromatic carbocycles. The van der Waals surface area contributed by atoms with Crippen LogP contribution in [0.3, 0.4) is 0 Å². The van der Waals surface area contributed by atoms with Crippen LogP contribution >= 0.6 is 0 Å². The van der Waals surface area contributed by atoms with Crippen LogP contribution in [0, 0.1) is 0 Å². The predicted molar refractivity (Wildman–Crippen MR) is 40.6 cm³/mol. The molecule has 0 fully saturated rings. The molecule has 0 amide bonds. The minimum absolute atomic E-state index is 0.778. The third-order valence-electron chi connectivity index (χ3n) is 1.35. The second-order valence-corrected chi connectivity index (χ2v) is 3.65. The van der Waals surface area contributed by atoms with Crippen LogP contribution in [0.4, 0.5) is 0 Å². The normalized spacial score (nSPS) is 9.25. The number of rotatable bonds is 5. The minimum atomic E-state index is 0.778. The molecule has 0 saturated carbocycles. The molecule has 0 unspecified atom stereocenters. The second kappa shape index (κ2) is 7.53. The summed E-state index contributed by atoms with van der Waals surface area (Å²) in [5.41, 5.74) is 0. The molecule has 0 aromatic heterocycles. The van der Waals surface area contributed by atoms with E-state index in [2.05, 4.69) is 12.7 Å². The first-order chi connectivity index (χ1) is 3.91. The van der Waals surface area contributed by atoms with Crippen molar-refractivity contribution in [2.24, 2.45) is 0 Å². The van der Waals surface area contributed by atoms with E-state index in [-0.39, 0.29) is 0 Å². The van der Waals surface area contributed by atoms with Gasteiger partial charge in [0.05, 0.1) is 0 Å². The van der Waals surface area contributed by atoms with Gasteiger partial charge in [0, 0.05) is 0 Å². The molecule has 0 heterocycles. The molecule has 0 aliphatic rings. The molecule has 0 aliphatic heterocycles. The van der Waals surface area contributed by atoms with Crippen LogP contribution in [0.5, 0.6) is 0 Å². The largest absolute Gasteiger partial charge is 0.195 e. The smallest absolute Gasteiger partial charge is 0.115 e. The number of hydrogen-bond acceptors (Lipinski definition) is 0. The first-order valence-electron chi connectivity index (χ1n) is 3.69. The Balaban J connectivity index is 2.53. The summed E-state index contributed by atoms with van der Waals surface area (Å²) in [5.74, 6) is 2.34. The van der Waals surface area contributed by atoms with E-state index >= 15 is 0 Å². The standard InChI is InChI=1S/C6H13.CH3.Al/c1-3-5-6-4-2;;/h1,3-6H2,2H3;1H3;. The van der Waals surface area contributed by atoms with Gasteiger partial charge in [-0.1, -0.05) is 32.6 Å². The van der Waals surface area contributed by atoms with Gasteiger partial charge in [-0.2, -0.15) is 0 Å². The highest BCUT2D eigenvalue weighted by Crippen LogP contribution is 2.01. The Bertz CT molecular complexity index is 29.4. The van der Waals surface area contributed by atoms with Crippen molar-refractivity contribution in [3.8, 4) is 0 Å². The van der Waals surface area contributed by atoms with Crippen molar-refractivity contribution >= 4 is 15.2 Å². The van der Waals surface area contributed by atoms with Crippen molar-refractivity contribution in [1.29, 1.82) is 0 Å². The highest BCUT2D eigenvalue weighted by molar-refractivity contribution is 6.33. The quantitative estimate of drug-likeness (QED) is 0.393. The van der Waals surface area contributed by atoms with Gasteiger partial charge in [0.25, 0.3) is 0 Å². The highest BCUT2D eigenvalue weighted by Gasteiger charge is 1.84. The summed E-state index contributed by atoms with van der Waals surface area (Å²) >= 11 is 0.778. The molecular formula is C7H16Al. The third-order valence-corrected chi connectivity index (χ3v) is 2.33. The van der Waals surface area contributed by atoms with Crippen molar-refractivity contribution < 1.29 is 0 Å². The molecule has 47 valence electrons. The molecule has 0 saturated heterocycles. The maximum Gasteiger partial charge on any atom is 0.195 e. The fourth-order valence-electron chi connectivity index (χ4n) is 0.775. The van der Waals surface area contributed by atoms with Gasteiger partial charge in [-0.15, -0.1) is 11.1 Å². The molecule has 0 aliphatic carbocycles. The van der Waals surface area contributed by atoms with Crippen molar-refractivity contribution in [3.05, 3.63) is 0 Å². The van der Waals surface area contributed by atoms with Gasteiger partial charge < -0.3 is 0 Å². The Labute approximate surface area is 59.4 Å². The first kappa shape index (κ1) is 8.53. The fraction of sp³-hybridized carbons (Fsp3) is 1.00. The van der Waals surface area contributed by atoms with E-state index in [0.717, 1.165) is 15.2 Å². The van der Waals surface area contributed by atoms with Gasteiger partial charge in [-0.05, 0) is 0 Å². The van der Waals surface area contributed by atoms with Crippen LogP contribution < -0.4 is 0 Å². The average Bonchev–Trinajstić information content (AvgIpc) is 1.81. The summed E-state index contributed by atoms with van der Waals surface area (Å²) in [6.45, 7) is 2.26. The summed E-state index contributed by atoms with van der Waals surface area (Å²) in [5, 5.41) is 1.51. The lowest BCUT2D eigenvalue weighted by atomic mass is 10.2. The first-order valence-corrected chi connectivity index (χ1v) is 5.66. The van der Waals surface area contributed by atoms with Gasteiger partial charge in [0.1, 0.15) is 0 Å². The van der Waals surface area contributed by atoms with Gasteiger partial charge >= 0.3 is 0 Å². The van der Waals surface area contributed by atoms with Crippen LogP contribution in [0.15, 0.2) is 0 Å². The third kappa shape index (κ3) is 6.53. The van der Waals surface area contributed by atoms with E-state index in [9.17, 15) is 0 Å². The van der Waals surface area contributed by atoms with Crippen LogP contribution in [-0.2, 0) is 0 Å². The van der Waals surface area contributed by atoms with Gasteiger partial charge in [-0.3, -0.25) is 0 Å². The lowest BCUT2D eigenvalue weighted by Crippen LogP contribution is -1.80. The molecule has 0 aromatic rings. The molecule has 0 spiro atoms. The lowest BCUT2D eigenvalue weighted by molar-refractivity contribution is 0.700.